The molecule has 0 N–H and O–H groups in total. The van der Waals surface area contributed by atoms with E-state index in [4.69, 9.17) is 0 Å². The van der Waals surface area contributed by atoms with Gasteiger partial charge in [-0.2, -0.15) is 0 Å². The largest absolute Gasteiger partial charge is 0.341 e. The van der Waals surface area contributed by atoms with Crippen molar-refractivity contribution in [2.75, 3.05) is 26.2 Å². The Hall–Kier alpha value is -2.69. The molecule has 2 aromatic carbocycles. The van der Waals surface area contributed by atoms with Crippen molar-refractivity contribution in [3.8, 4) is 0 Å². The van der Waals surface area contributed by atoms with Crippen LogP contribution in [0.25, 0.3) is 0 Å². The number of carbonyl (C=O) groups is 2. The van der Waals surface area contributed by atoms with Gasteiger partial charge in [0.15, 0.2) is 0 Å². The molecule has 27 heavy (non-hydrogen) atoms. The molecule has 0 spiro atoms. The minimum atomic E-state index is -0.327. The van der Waals surface area contributed by atoms with Crippen LogP contribution in [0.1, 0.15) is 36.8 Å². The van der Waals surface area contributed by atoms with Crippen molar-refractivity contribution in [3.05, 3.63) is 71.5 Å². The Morgan fingerprint density at radius 2 is 1.56 bits per heavy atom. The van der Waals surface area contributed by atoms with Gasteiger partial charge < -0.3 is 9.80 Å². The first kappa shape index (κ1) is 19.1. The Bertz CT molecular complexity index is 794. The third kappa shape index (κ3) is 4.73. The first-order valence-electron chi connectivity index (χ1n) is 9.39. The van der Waals surface area contributed by atoms with Gasteiger partial charge in [0, 0.05) is 45.4 Å². The van der Waals surface area contributed by atoms with Crippen molar-refractivity contribution < 1.29 is 14.0 Å². The van der Waals surface area contributed by atoms with Crippen LogP contribution in [-0.2, 0) is 9.59 Å². The topological polar surface area (TPSA) is 40.6 Å². The van der Waals surface area contributed by atoms with Crippen LogP contribution in [0, 0.1) is 5.82 Å². The minimum absolute atomic E-state index is 0.00231. The molecule has 1 aliphatic rings. The molecule has 3 rings (SSSR count). The highest BCUT2D eigenvalue weighted by Crippen LogP contribution is 2.30. The predicted octanol–water partition coefficient (Wildman–Crippen LogP) is 3.43. The van der Waals surface area contributed by atoms with E-state index in [1.54, 1.807) is 34.9 Å². The smallest absolute Gasteiger partial charge is 0.223 e. The zero-order valence-electron chi connectivity index (χ0n) is 15.6. The first-order chi connectivity index (χ1) is 13.1. The van der Waals surface area contributed by atoms with E-state index < -0.39 is 0 Å². The van der Waals surface area contributed by atoms with Crippen molar-refractivity contribution in [3.63, 3.8) is 0 Å². The second kappa shape index (κ2) is 8.80. The second-order valence-electron chi connectivity index (χ2n) is 6.93. The molecule has 1 unspecified atom stereocenters. The Morgan fingerprint density at radius 1 is 0.926 bits per heavy atom. The van der Waals surface area contributed by atoms with Gasteiger partial charge in [0.05, 0.1) is 0 Å². The van der Waals surface area contributed by atoms with Gasteiger partial charge in [-0.1, -0.05) is 48.5 Å². The summed E-state index contributed by atoms with van der Waals surface area (Å²) < 4.78 is 14.5. The molecule has 4 nitrogen and oxygen atoms in total. The molecule has 1 fully saturated rings. The van der Waals surface area contributed by atoms with Gasteiger partial charge in [0.1, 0.15) is 5.82 Å². The predicted molar refractivity (Wildman–Crippen MR) is 103 cm³/mol. The summed E-state index contributed by atoms with van der Waals surface area (Å²) in [5.41, 5.74) is 1.47. The van der Waals surface area contributed by atoms with Crippen LogP contribution in [0.2, 0.25) is 0 Å². The van der Waals surface area contributed by atoms with E-state index in [0.29, 0.717) is 31.7 Å². The van der Waals surface area contributed by atoms with Crippen molar-refractivity contribution in [1.82, 2.24) is 9.80 Å². The normalized spacial score (nSPS) is 15.9. The van der Waals surface area contributed by atoms with Gasteiger partial charge >= 0.3 is 0 Å². The standard InChI is InChI=1S/C22H25FN2O2/c1-17(26)24-12-7-13-25(15-14-24)22(27)16-20(18-8-3-2-4-9-18)19-10-5-6-11-21(19)23/h2-6,8-11,20H,7,12-16H2,1H3. The zero-order valence-corrected chi connectivity index (χ0v) is 15.6. The lowest BCUT2D eigenvalue weighted by atomic mass is 9.87. The van der Waals surface area contributed by atoms with E-state index in [1.807, 2.05) is 30.3 Å². The molecule has 0 radical (unpaired) electrons. The number of hydrogen-bond donors (Lipinski definition) is 0. The number of hydrogen-bond acceptors (Lipinski definition) is 2. The number of benzene rings is 2. The Balaban J connectivity index is 1.79. The van der Waals surface area contributed by atoms with Gasteiger partial charge in [0.25, 0.3) is 0 Å². The molecule has 2 aromatic rings. The van der Waals surface area contributed by atoms with Crippen molar-refractivity contribution >= 4 is 11.8 Å². The molecule has 1 saturated heterocycles. The molecule has 0 aliphatic carbocycles. The lowest BCUT2D eigenvalue weighted by molar-refractivity contribution is -0.132. The SMILES string of the molecule is CC(=O)N1CCCN(C(=O)CC(c2ccccc2)c2ccccc2F)CC1. The summed E-state index contributed by atoms with van der Waals surface area (Å²) in [5.74, 6) is -0.583. The van der Waals surface area contributed by atoms with Crippen molar-refractivity contribution in [2.24, 2.45) is 0 Å². The van der Waals surface area contributed by atoms with Gasteiger partial charge in [-0.15, -0.1) is 0 Å². The minimum Gasteiger partial charge on any atom is -0.341 e. The highest BCUT2D eigenvalue weighted by molar-refractivity contribution is 5.78. The molecular weight excluding hydrogens is 343 g/mol. The number of rotatable bonds is 4. The summed E-state index contributed by atoms with van der Waals surface area (Å²) in [6, 6.07) is 16.2. The quantitative estimate of drug-likeness (QED) is 0.830. The third-order valence-electron chi connectivity index (χ3n) is 5.16. The summed E-state index contributed by atoms with van der Waals surface area (Å²) >= 11 is 0. The number of amides is 2. The van der Waals surface area contributed by atoms with Crippen LogP contribution in [0.4, 0.5) is 4.39 Å². The molecular formula is C22H25FN2O2. The van der Waals surface area contributed by atoms with E-state index in [9.17, 15) is 14.0 Å². The molecule has 2 amide bonds. The molecule has 1 heterocycles. The maximum absolute atomic E-state index is 14.5. The summed E-state index contributed by atoms with van der Waals surface area (Å²) in [5, 5.41) is 0. The third-order valence-corrected chi connectivity index (χ3v) is 5.16. The van der Waals surface area contributed by atoms with E-state index in [0.717, 1.165) is 12.0 Å². The Morgan fingerprint density at radius 3 is 2.26 bits per heavy atom. The lowest BCUT2D eigenvalue weighted by Gasteiger charge is -2.25. The highest BCUT2D eigenvalue weighted by Gasteiger charge is 2.26. The maximum Gasteiger partial charge on any atom is 0.223 e. The molecule has 5 heteroatoms. The summed E-state index contributed by atoms with van der Waals surface area (Å²) in [4.78, 5) is 28.2. The average Bonchev–Trinajstić information content (AvgIpc) is 2.94. The van der Waals surface area contributed by atoms with Crippen LogP contribution >= 0.6 is 0 Å². The number of nitrogens with zero attached hydrogens (tertiary/aromatic N) is 2. The Labute approximate surface area is 159 Å². The maximum atomic E-state index is 14.5. The number of halogens is 1. The molecule has 1 aliphatic heterocycles. The zero-order chi connectivity index (χ0) is 19.2. The van der Waals surface area contributed by atoms with Crippen molar-refractivity contribution in [2.45, 2.75) is 25.7 Å². The second-order valence-corrected chi connectivity index (χ2v) is 6.93. The van der Waals surface area contributed by atoms with E-state index >= 15 is 0 Å². The Kier molecular flexibility index (Phi) is 6.22. The fourth-order valence-corrected chi connectivity index (χ4v) is 3.64. The molecule has 0 bridgehead atoms. The van der Waals surface area contributed by atoms with Crippen LogP contribution in [0.5, 0.6) is 0 Å². The molecule has 142 valence electrons. The van der Waals surface area contributed by atoms with Crippen molar-refractivity contribution in [1.29, 1.82) is 0 Å². The van der Waals surface area contributed by atoms with E-state index in [1.165, 1.54) is 6.07 Å². The monoisotopic (exact) mass is 368 g/mol. The lowest BCUT2D eigenvalue weighted by Crippen LogP contribution is -2.37. The summed E-state index contributed by atoms with van der Waals surface area (Å²) in [7, 11) is 0. The molecule has 0 saturated carbocycles. The van der Waals surface area contributed by atoms with Crippen LogP contribution in [0.15, 0.2) is 54.6 Å². The molecule has 1 atom stereocenters. The van der Waals surface area contributed by atoms with Crippen LogP contribution < -0.4 is 0 Å². The van der Waals surface area contributed by atoms with Crippen LogP contribution in [0.3, 0.4) is 0 Å². The molecule has 0 aromatic heterocycles. The van der Waals surface area contributed by atoms with E-state index in [-0.39, 0.29) is 30.0 Å². The van der Waals surface area contributed by atoms with E-state index in [2.05, 4.69) is 0 Å². The van der Waals surface area contributed by atoms with Crippen LogP contribution in [-0.4, -0.2) is 47.8 Å². The van der Waals surface area contributed by atoms with Gasteiger partial charge in [-0.3, -0.25) is 9.59 Å². The fourth-order valence-electron chi connectivity index (χ4n) is 3.64. The summed E-state index contributed by atoms with van der Waals surface area (Å²) in [6.07, 6.45) is 0.978. The first-order valence-corrected chi connectivity index (χ1v) is 9.39. The average molecular weight is 368 g/mol. The summed E-state index contributed by atoms with van der Waals surface area (Å²) in [6.45, 7) is 3.94. The van der Waals surface area contributed by atoms with Gasteiger partial charge in [0.2, 0.25) is 11.8 Å². The van der Waals surface area contributed by atoms with Gasteiger partial charge in [-0.05, 0) is 23.6 Å². The number of carbonyl (C=O) groups excluding carboxylic acids is 2. The fraction of sp³-hybridized carbons (Fsp3) is 0.364. The van der Waals surface area contributed by atoms with Gasteiger partial charge in [-0.25, -0.2) is 4.39 Å². The highest BCUT2D eigenvalue weighted by atomic mass is 19.1.